The lowest BCUT2D eigenvalue weighted by Gasteiger charge is -2.22. The van der Waals surface area contributed by atoms with Gasteiger partial charge in [0.05, 0.1) is 12.2 Å². The van der Waals surface area contributed by atoms with E-state index in [4.69, 9.17) is 23.2 Å². The van der Waals surface area contributed by atoms with Gasteiger partial charge in [0.15, 0.2) is 0 Å². The van der Waals surface area contributed by atoms with E-state index < -0.39 is 11.6 Å². The van der Waals surface area contributed by atoms with Crippen molar-refractivity contribution in [3.63, 3.8) is 0 Å². The Kier molecular flexibility index (Phi) is 4.87. The minimum Gasteiger partial charge on any atom is -0.319 e. The zero-order valence-electron chi connectivity index (χ0n) is 14.8. The van der Waals surface area contributed by atoms with Crippen molar-refractivity contribution in [2.24, 2.45) is 0 Å². The first-order valence-corrected chi connectivity index (χ1v) is 10.1. The molecule has 1 aliphatic heterocycles. The summed E-state index contributed by atoms with van der Waals surface area (Å²) < 4.78 is 0. The number of nitrogens with one attached hydrogen (secondary N) is 1. The Balaban J connectivity index is 1.55. The third kappa shape index (κ3) is 3.39. The summed E-state index contributed by atoms with van der Waals surface area (Å²) in [5, 5.41) is 6.66. The molecule has 8 heteroatoms. The predicted octanol–water partition coefficient (Wildman–Crippen LogP) is 5.08. The number of thiazole rings is 1. The number of halogens is 2. The molecule has 28 heavy (non-hydrogen) atoms. The van der Waals surface area contributed by atoms with E-state index in [-0.39, 0.29) is 12.5 Å². The average molecular weight is 432 g/mol. The van der Waals surface area contributed by atoms with E-state index in [1.165, 1.54) is 16.2 Å². The Bertz CT molecular complexity index is 1050. The van der Waals surface area contributed by atoms with Crippen molar-refractivity contribution >= 4 is 46.5 Å². The summed E-state index contributed by atoms with van der Waals surface area (Å²) in [7, 11) is 0. The third-order valence-corrected chi connectivity index (χ3v) is 6.10. The van der Waals surface area contributed by atoms with Crippen LogP contribution in [-0.2, 0) is 16.9 Å². The van der Waals surface area contributed by atoms with Gasteiger partial charge in [0.2, 0.25) is 0 Å². The van der Waals surface area contributed by atoms with Crippen molar-refractivity contribution < 1.29 is 9.59 Å². The lowest BCUT2D eigenvalue weighted by molar-refractivity contribution is -0.131. The van der Waals surface area contributed by atoms with Crippen LogP contribution >= 0.6 is 34.5 Å². The maximum absolute atomic E-state index is 13.0. The molecule has 2 aromatic carbocycles. The van der Waals surface area contributed by atoms with E-state index in [0.717, 1.165) is 10.6 Å². The number of carbonyl (C=O) groups is 2. The topological polar surface area (TPSA) is 62.3 Å². The van der Waals surface area contributed by atoms with Crippen LogP contribution in [-0.4, -0.2) is 21.8 Å². The SMILES string of the molecule is C[C@]1(c2ccc(Cl)cc2)NC(=O)N(Cc2csc(-c3ccc(Cl)cc3)n2)C1=O. The summed E-state index contributed by atoms with van der Waals surface area (Å²) in [5.41, 5.74) is 1.14. The first-order chi connectivity index (χ1) is 13.4. The van der Waals surface area contributed by atoms with Gasteiger partial charge in [-0.2, -0.15) is 0 Å². The van der Waals surface area contributed by atoms with Crippen molar-refractivity contribution in [1.82, 2.24) is 15.2 Å². The van der Waals surface area contributed by atoms with Crippen molar-refractivity contribution in [3.8, 4) is 10.6 Å². The maximum Gasteiger partial charge on any atom is 0.325 e. The molecule has 3 aromatic rings. The Morgan fingerprint density at radius 2 is 1.64 bits per heavy atom. The summed E-state index contributed by atoms with van der Waals surface area (Å²) in [6.07, 6.45) is 0. The van der Waals surface area contributed by atoms with Gasteiger partial charge in [-0.3, -0.25) is 9.69 Å². The number of rotatable bonds is 4. The molecular weight excluding hydrogens is 417 g/mol. The molecule has 0 radical (unpaired) electrons. The average Bonchev–Trinajstić information content (AvgIpc) is 3.22. The van der Waals surface area contributed by atoms with E-state index in [2.05, 4.69) is 10.3 Å². The van der Waals surface area contributed by atoms with E-state index in [1.54, 1.807) is 43.3 Å². The normalized spacial score (nSPS) is 19.2. The smallest absolute Gasteiger partial charge is 0.319 e. The van der Waals surface area contributed by atoms with Gasteiger partial charge in [0.1, 0.15) is 10.5 Å². The summed E-state index contributed by atoms with van der Waals surface area (Å²) in [4.78, 5) is 31.2. The third-order valence-electron chi connectivity index (χ3n) is 4.66. The van der Waals surface area contributed by atoms with Gasteiger partial charge in [0.25, 0.3) is 5.91 Å². The molecule has 1 aliphatic rings. The molecule has 0 saturated carbocycles. The number of aromatic nitrogens is 1. The molecule has 2 heterocycles. The molecule has 3 amide bonds. The molecular formula is C20H15Cl2N3O2S. The molecule has 1 atom stereocenters. The van der Waals surface area contributed by atoms with Gasteiger partial charge >= 0.3 is 6.03 Å². The molecule has 0 spiro atoms. The number of imide groups is 1. The summed E-state index contributed by atoms with van der Waals surface area (Å²) in [6.45, 7) is 1.80. The maximum atomic E-state index is 13.0. The fourth-order valence-corrected chi connectivity index (χ4v) is 4.16. The highest BCUT2D eigenvalue weighted by molar-refractivity contribution is 7.13. The number of hydrogen-bond donors (Lipinski definition) is 1. The number of urea groups is 1. The molecule has 0 bridgehead atoms. The van der Waals surface area contributed by atoms with Crippen LogP contribution in [0.3, 0.4) is 0 Å². The molecule has 1 saturated heterocycles. The Labute approximate surface area is 175 Å². The van der Waals surface area contributed by atoms with Crippen molar-refractivity contribution in [1.29, 1.82) is 0 Å². The quantitative estimate of drug-likeness (QED) is 0.585. The highest BCUT2D eigenvalue weighted by Gasteiger charge is 2.49. The summed E-state index contributed by atoms with van der Waals surface area (Å²) in [5.74, 6) is -0.319. The van der Waals surface area contributed by atoms with Crippen LogP contribution < -0.4 is 5.32 Å². The fraction of sp³-hybridized carbons (Fsp3) is 0.150. The van der Waals surface area contributed by atoms with Crippen LogP contribution in [0.4, 0.5) is 4.79 Å². The monoisotopic (exact) mass is 431 g/mol. The molecule has 0 unspecified atom stereocenters. The highest BCUT2D eigenvalue weighted by atomic mass is 35.5. The van der Waals surface area contributed by atoms with Crippen molar-refractivity contribution in [3.05, 3.63) is 75.2 Å². The molecule has 5 nitrogen and oxygen atoms in total. The zero-order valence-corrected chi connectivity index (χ0v) is 17.1. The minimum absolute atomic E-state index is 0.109. The molecule has 142 valence electrons. The molecule has 0 aliphatic carbocycles. The van der Waals surface area contributed by atoms with Crippen LogP contribution in [0.15, 0.2) is 53.9 Å². The lowest BCUT2D eigenvalue weighted by atomic mass is 9.92. The highest BCUT2D eigenvalue weighted by Crippen LogP contribution is 2.31. The Morgan fingerprint density at radius 3 is 2.29 bits per heavy atom. The van der Waals surface area contributed by atoms with E-state index in [0.29, 0.717) is 21.3 Å². The van der Waals surface area contributed by atoms with E-state index in [1.807, 2.05) is 17.5 Å². The number of carbonyl (C=O) groups excluding carboxylic acids is 2. The van der Waals surface area contributed by atoms with Crippen LogP contribution in [0.2, 0.25) is 10.0 Å². The first-order valence-electron chi connectivity index (χ1n) is 8.47. The van der Waals surface area contributed by atoms with Gasteiger partial charge in [-0.1, -0.05) is 47.5 Å². The van der Waals surface area contributed by atoms with Gasteiger partial charge in [-0.25, -0.2) is 9.78 Å². The first kappa shape index (κ1) is 18.9. The second-order valence-electron chi connectivity index (χ2n) is 6.60. The predicted molar refractivity (Wildman–Crippen MR) is 110 cm³/mol. The van der Waals surface area contributed by atoms with Gasteiger partial charge in [-0.05, 0) is 36.8 Å². The fourth-order valence-electron chi connectivity index (χ4n) is 3.09. The van der Waals surface area contributed by atoms with Crippen LogP contribution in [0.25, 0.3) is 10.6 Å². The number of hydrogen-bond acceptors (Lipinski definition) is 4. The largest absolute Gasteiger partial charge is 0.325 e. The Morgan fingerprint density at radius 1 is 1.04 bits per heavy atom. The van der Waals surface area contributed by atoms with Crippen LogP contribution in [0, 0.1) is 0 Å². The second-order valence-corrected chi connectivity index (χ2v) is 8.34. The van der Waals surface area contributed by atoms with Gasteiger partial charge in [-0.15, -0.1) is 11.3 Å². The number of benzene rings is 2. The zero-order chi connectivity index (χ0) is 19.9. The number of nitrogens with zero attached hydrogens (tertiary/aromatic N) is 2. The lowest BCUT2D eigenvalue weighted by Crippen LogP contribution is -2.40. The van der Waals surface area contributed by atoms with Crippen LogP contribution in [0.1, 0.15) is 18.2 Å². The van der Waals surface area contributed by atoms with Crippen LogP contribution in [0.5, 0.6) is 0 Å². The molecule has 1 aromatic heterocycles. The molecule has 4 rings (SSSR count). The summed E-state index contributed by atoms with van der Waals surface area (Å²) in [6, 6.07) is 13.8. The molecule has 1 fully saturated rings. The second kappa shape index (κ2) is 7.20. The van der Waals surface area contributed by atoms with Gasteiger partial charge in [0, 0.05) is 21.0 Å². The Hall–Kier alpha value is -2.41. The number of amides is 3. The standard InChI is InChI=1S/C20H15Cl2N3O2S/c1-20(13-4-8-15(22)9-5-13)18(26)25(19(27)24-20)10-16-11-28-17(23-16)12-2-6-14(21)7-3-12/h2-9,11H,10H2,1H3,(H,24,27)/t20-/m1/s1. The summed E-state index contributed by atoms with van der Waals surface area (Å²) >= 11 is 13.3. The van der Waals surface area contributed by atoms with Gasteiger partial charge < -0.3 is 5.32 Å². The van der Waals surface area contributed by atoms with E-state index >= 15 is 0 Å². The molecule has 1 N–H and O–H groups in total. The van der Waals surface area contributed by atoms with Crippen molar-refractivity contribution in [2.75, 3.05) is 0 Å². The minimum atomic E-state index is -1.13. The van der Waals surface area contributed by atoms with E-state index in [9.17, 15) is 9.59 Å². The van der Waals surface area contributed by atoms with Crippen molar-refractivity contribution in [2.45, 2.75) is 19.0 Å².